The maximum absolute atomic E-state index is 12.0. The molecule has 178 valence electrons. The lowest BCUT2D eigenvalue weighted by molar-refractivity contribution is -0.114. The number of hydrogen-bond acceptors (Lipinski definition) is 7. The van der Waals surface area contributed by atoms with Crippen molar-refractivity contribution in [2.45, 2.75) is 20.3 Å². The van der Waals surface area contributed by atoms with Gasteiger partial charge in [0.25, 0.3) is 11.9 Å². The first kappa shape index (κ1) is 24.0. The number of hydrogen-bond donors (Lipinski definition) is 2. The van der Waals surface area contributed by atoms with Crippen LogP contribution in [0.2, 0.25) is 5.02 Å². The molecule has 4 rings (SSSR count). The van der Waals surface area contributed by atoms with Crippen molar-refractivity contribution < 1.29 is 18.7 Å². The number of pyridine rings is 1. The highest BCUT2D eigenvalue weighted by atomic mass is 35.5. The summed E-state index contributed by atoms with van der Waals surface area (Å²) in [5.41, 5.74) is 3.77. The van der Waals surface area contributed by atoms with E-state index in [0.717, 1.165) is 11.1 Å². The lowest BCUT2D eigenvalue weighted by atomic mass is 10.1. The Kier molecular flexibility index (Phi) is 7.12. The van der Waals surface area contributed by atoms with E-state index in [1.54, 1.807) is 48.5 Å². The zero-order chi connectivity index (χ0) is 24.9. The second-order valence-electron chi connectivity index (χ2n) is 8.00. The second kappa shape index (κ2) is 10.4. The third-order valence-corrected chi connectivity index (χ3v) is 5.26. The molecule has 0 aliphatic heterocycles. The minimum Gasteiger partial charge on any atom is -0.457 e. The average molecular weight is 491 g/mol. The van der Waals surface area contributed by atoms with E-state index in [0.29, 0.717) is 33.3 Å². The fraction of sp³-hybridized carbons (Fsp3) is 0.154. The summed E-state index contributed by atoms with van der Waals surface area (Å²) in [7, 11) is 1.54. The summed E-state index contributed by atoms with van der Waals surface area (Å²) in [6.07, 6.45) is 3.34. The molecule has 2 aromatic carbocycles. The lowest BCUT2D eigenvalue weighted by Crippen LogP contribution is -2.18. The van der Waals surface area contributed by atoms with Crippen molar-refractivity contribution >= 4 is 46.1 Å². The number of carbonyl (C=O) groups is 2. The first-order valence-corrected chi connectivity index (χ1v) is 11.2. The van der Waals surface area contributed by atoms with Crippen LogP contribution >= 0.6 is 11.6 Å². The Hall–Kier alpha value is -4.17. The minimum atomic E-state index is -0.300. The van der Waals surface area contributed by atoms with E-state index in [-0.39, 0.29) is 29.8 Å². The van der Waals surface area contributed by atoms with Crippen LogP contribution in [-0.2, 0) is 11.2 Å². The number of benzene rings is 2. The third kappa shape index (κ3) is 6.04. The van der Waals surface area contributed by atoms with Crippen LogP contribution in [0.1, 0.15) is 29.9 Å². The first-order valence-electron chi connectivity index (χ1n) is 10.8. The molecule has 0 saturated heterocycles. The van der Waals surface area contributed by atoms with Gasteiger partial charge in [-0.15, -0.1) is 0 Å². The Bertz CT molecular complexity index is 1440. The van der Waals surface area contributed by atoms with Crippen LogP contribution in [0.3, 0.4) is 0 Å². The van der Waals surface area contributed by atoms with Gasteiger partial charge in [-0.3, -0.25) is 14.6 Å². The van der Waals surface area contributed by atoms with E-state index in [2.05, 4.69) is 20.6 Å². The highest BCUT2D eigenvalue weighted by Crippen LogP contribution is 2.29. The first-order chi connectivity index (χ1) is 16.8. The number of nitrogens with one attached hydrogen (secondary N) is 2. The van der Waals surface area contributed by atoms with E-state index in [4.69, 9.17) is 20.8 Å². The van der Waals surface area contributed by atoms with E-state index >= 15 is 0 Å². The third-order valence-electron chi connectivity index (χ3n) is 4.90. The van der Waals surface area contributed by atoms with Crippen molar-refractivity contribution in [1.29, 1.82) is 0 Å². The van der Waals surface area contributed by atoms with Crippen LogP contribution in [0, 0.1) is 0 Å². The normalized spacial score (nSPS) is 10.6. The van der Waals surface area contributed by atoms with Gasteiger partial charge >= 0.3 is 0 Å². The van der Waals surface area contributed by atoms with Gasteiger partial charge in [-0.1, -0.05) is 23.2 Å². The van der Waals surface area contributed by atoms with Crippen LogP contribution in [0.15, 0.2) is 70.8 Å². The number of aromatic nitrogens is 2. The monoisotopic (exact) mass is 490 g/mol. The van der Waals surface area contributed by atoms with Crippen LogP contribution in [0.25, 0.3) is 11.1 Å². The molecular weight excluding hydrogens is 468 g/mol. The molecule has 0 bridgehead atoms. The van der Waals surface area contributed by atoms with Gasteiger partial charge in [-0.2, -0.15) is 4.98 Å². The zero-order valence-electron chi connectivity index (χ0n) is 19.4. The van der Waals surface area contributed by atoms with Crippen molar-refractivity contribution in [3.8, 4) is 11.5 Å². The SMILES string of the molecule is CNC(=O)c1cc(Oc2ccc3oc(Nc4ccc(CC(=O)C=C(C)C)c(Cl)c4)nc3c2)ccn1. The van der Waals surface area contributed by atoms with Gasteiger partial charge in [0, 0.05) is 42.5 Å². The smallest absolute Gasteiger partial charge is 0.300 e. The Morgan fingerprint density at radius 1 is 1.09 bits per heavy atom. The molecule has 2 aromatic heterocycles. The Morgan fingerprint density at radius 3 is 2.63 bits per heavy atom. The molecule has 0 radical (unpaired) electrons. The average Bonchev–Trinajstić information content (AvgIpc) is 3.21. The number of anilines is 2. The Labute approximate surface area is 207 Å². The summed E-state index contributed by atoms with van der Waals surface area (Å²) in [4.78, 5) is 32.3. The van der Waals surface area contributed by atoms with Crippen molar-refractivity contribution in [3.63, 3.8) is 0 Å². The van der Waals surface area contributed by atoms with E-state index in [1.165, 1.54) is 13.2 Å². The highest BCUT2D eigenvalue weighted by Gasteiger charge is 2.12. The van der Waals surface area contributed by atoms with Crippen molar-refractivity contribution in [2.24, 2.45) is 0 Å². The van der Waals surface area contributed by atoms with Gasteiger partial charge in [0.1, 0.15) is 22.7 Å². The number of oxazole rings is 1. The minimum absolute atomic E-state index is 0.00111. The number of fused-ring (bicyclic) bond motifs is 1. The summed E-state index contributed by atoms with van der Waals surface area (Å²) in [5, 5.41) is 6.10. The molecule has 0 spiro atoms. The van der Waals surface area contributed by atoms with Gasteiger partial charge < -0.3 is 19.8 Å². The Balaban J connectivity index is 1.48. The fourth-order valence-corrected chi connectivity index (χ4v) is 3.59. The number of amides is 1. The molecule has 0 aliphatic rings. The molecule has 0 saturated carbocycles. The summed E-state index contributed by atoms with van der Waals surface area (Å²) in [5.74, 6) is 0.699. The largest absolute Gasteiger partial charge is 0.457 e. The molecule has 8 nitrogen and oxygen atoms in total. The predicted octanol–water partition coefficient (Wildman–Crippen LogP) is 5.85. The number of ketones is 1. The molecule has 0 aliphatic carbocycles. The number of carbonyl (C=O) groups excluding carboxylic acids is 2. The maximum Gasteiger partial charge on any atom is 0.300 e. The predicted molar refractivity (Wildman–Crippen MR) is 135 cm³/mol. The fourth-order valence-electron chi connectivity index (χ4n) is 3.34. The van der Waals surface area contributed by atoms with E-state index in [1.807, 2.05) is 19.9 Å². The van der Waals surface area contributed by atoms with Crippen LogP contribution in [0.4, 0.5) is 11.7 Å². The number of ether oxygens (including phenoxy) is 1. The molecule has 35 heavy (non-hydrogen) atoms. The van der Waals surface area contributed by atoms with E-state index < -0.39 is 0 Å². The summed E-state index contributed by atoms with van der Waals surface area (Å²) in [6.45, 7) is 3.76. The van der Waals surface area contributed by atoms with Crippen LogP contribution in [0.5, 0.6) is 11.5 Å². The summed E-state index contributed by atoms with van der Waals surface area (Å²) >= 11 is 6.38. The van der Waals surface area contributed by atoms with Gasteiger partial charge in [-0.05, 0) is 55.8 Å². The number of nitrogens with zero attached hydrogens (tertiary/aromatic N) is 2. The molecular formula is C26H23ClN4O4. The molecule has 9 heteroatoms. The molecule has 4 aromatic rings. The second-order valence-corrected chi connectivity index (χ2v) is 8.41. The van der Waals surface area contributed by atoms with Crippen molar-refractivity contribution in [2.75, 3.05) is 12.4 Å². The number of halogens is 1. The highest BCUT2D eigenvalue weighted by molar-refractivity contribution is 6.31. The Morgan fingerprint density at radius 2 is 1.89 bits per heavy atom. The summed E-state index contributed by atoms with van der Waals surface area (Å²) in [6, 6.07) is 14.1. The van der Waals surface area contributed by atoms with Gasteiger partial charge in [0.05, 0.1) is 0 Å². The molecule has 0 atom stereocenters. The van der Waals surface area contributed by atoms with Crippen LogP contribution in [-0.4, -0.2) is 28.7 Å². The lowest BCUT2D eigenvalue weighted by Gasteiger charge is -2.06. The van der Waals surface area contributed by atoms with Gasteiger partial charge in [0.2, 0.25) is 0 Å². The van der Waals surface area contributed by atoms with E-state index in [9.17, 15) is 9.59 Å². The quantitative estimate of drug-likeness (QED) is 0.298. The molecule has 0 unspecified atom stereocenters. The number of rotatable bonds is 8. The van der Waals surface area contributed by atoms with Gasteiger partial charge in [0.15, 0.2) is 11.4 Å². The van der Waals surface area contributed by atoms with Crippen molar-refractivity contribution in [1.82, 2.24) is 15.3 Å². The molecule has 0 fully saturated rings. The van der Waals surface area contributed by atoms with Crippen LogP contribution < -0.4 is 15.4 Å². The molecule has 2 heterocycles. The summed E-state index contributed by atoms with van der Waals surface area (Å²) < 4.78 is 11.6. The van der Waals surface area contributed by atoms with Gasteiger partial charge in [-0.25, -0.2) is 0 Å². The standard InChI is InChI=1S/C26H23ClN4O4/c1-15(2)10-18(32)11-16-4-5-17(12-21(16)27)30-26-31-22-13-19(6-7-24(22)35-26)34-20-8-9-29-23(14-20)25(33)28-3/h4-10,12-14H,11H2,1-3H3,(H,28,33)(H,30,31). The van der Waals surface area contributed by atoms with Crippen molar-refractivity contribution in [3.05, 3.63) is 82.7 Å². The topological polar surface area (TPSA) is 106 Å². The zero-order valence-corrected chi connectivity index (χ0v) is 20.1. The molecule has 2 N–H and O–H groups in total. The maximum atomic E-state index is 12.0. The molecule has 1 amide bonds. The number of allylic oxidation sites excluding steroid dienone is 2.